The highest BCUT2D eigenvalue weighted by atomic mass is 31.2. The van der Waals surface area contributed by atoms with Crippen molar-refractivity contribution in [3.8, 4) is 0 Å². The molecule has 612 valence electrons. The van der Waals surface area contributed by atoms with E-state index in [9.17, 15) is 43.2 Å². The van der Waals surface area contributed by atoms with Gasteiger partial charge in [-0.3, -0.25) is 37.3 Å². The van der Waals surface area contributed by atoms with E-state index in [1.807, 2.05) is 0 Å². The highest BCUT2D eigenvalue weighted by molar-refractivity contribution is 7.47. The van der Waals surface area contributed by atoms with Crippen LogP contribution in [0, 0.1) is 11.8 Å². The Hall–Kier alpha value is -1.94. The normalized spacial score (nSPS) is 13.9. The van der Waals surface area contributed by atoms with Gasteiger partial charge < -0.3 is 33.8 Å². The van der Waals surface area contributed by atoms with Gasteiger partial charge in [0.1, 0.15) is 19.3 Å². The number of carbonyl (C=O) groups excluding carboxylic acids is 4. The van der Waals surface area contributed by atoms with Crippen LogP contribution in [0.3, 0.4) is 0 Å². The predicted octanol–water partition coefficient (Wildman–Crippen LogP) is 25.5. The summed E-state index contributed by atoms with van der Waals surface area (Å²) in [5.41, 5.74) is 0. The van der Waals surface area contributed by atoms with E-state index in [-0.39, 0.29) is 25.7 Å². The average Bonchev–Trinajstić information content (AvgIpc) is 0.912. The molecule has 0 aliphatic rings. The van der Waals surface area contributed by atoms with Gasteiger partial charge in [0.05, 0.1) is 26.4 Å². The van der Waals surface area contributed by atoms with E-state index in [0.29, 0.717) is 25.7 Å². The van der Waals surface area contributed by atoms with Gasteiger partial charge in [-0.15, -0.1) is 0 Å². The molecule has 17 nitrogen and oxygen atoms in total. The predicted molar refractivity (Wildman–Crippen MR) is 423 cm³/mol. The van der Waals surface area contributed by atoms with E-state index in [1.54, 1.807) is 0 Å². The average molecular weight is 1510 g/mol. The standard InChI is InChI=1S/C84H164O17P2/c1-7-9-11-13-15-17-19-21-22-23-27-30-34-37-41-48-54-60-66-81(86)94-72-79(100-84(89)69-63-57-51-43-39-35-31-28-25-24-26-29-33-36-40-46-52-58-64-76(3)4)74-98-102(90,91)96-70-78(85)71-97-103(92,93)99-75-80(73-95-82(87)67-61-55-49-45-44-47-53-59-65-77(5)6)101-83(88)68-62-56-50-42-38-32-20-18-16-14-12-10-8-2/h76-80,85H,7-75H2,1-6H3,(H,90,91)(H,92,93)/t78-,79-,80-/m1/s1. The second-order valence-electron chi connectivity index (χ2n) is 31.2. The first kappa shape index (κ1) is 101. The van der Waals surface area contributed by atoms with Crippen LogP contribution in [0.25, 0.3) is 0 Å². The Morgan fingerprint density at radius 3 is 0.660 bits per heavy atom. The van der Waals surface area contributed by atoms with Gasteiger partial charge >= 0.3 is 39.5 Å². The van der Waals surface area contributed by atoms with Crippen molar-refractivity contribution in [1.29, 1.82) is 0 Å². The van der Waals surface area contributed by atoms with Gasteiger partial charge in [0.15, 0.2) is 12.2 Å². The van der Waals surface area contributed by atoms with Crippen molar-refractivity contribution in [2.45, 2.75) is 464 Å². The monoisotopic (exact) mass is 1510 g/mol. The smallest absolute Gasteiger partial charge is 0.462 e. The molecule has 0 rings (SSSR count). The van der Waals surface area contributed by atoms with Crippen LogP contribution in [0.5, 0.6) is 0 Å². The number of ether oxygens (including phenoxy) is 4. The minimum absolute atomic E-state index is 0.107. The summed E-state index contributed by atoms with van der Waals surface area (Å²) in [5, 5.41) is 10.7. The molecule has 103 heavy (non-hydrogen) atoms. The lowest BCUT2D eigenvalue weighted by atomic mass is 10.0. The topological polar surface area (TPSA) is 237 Å². The molecule has 3 N–H and O–H groups in total. The third-order valence-corrected chi connectivity index (χ3v) is 21.6. The van der Waals surface area contributed by atoms with Crippen LogP contribution in [-0.4, -0.2) is 96.7 Å². The van der Waals surface area contributed by atoms with Gasteiger partial charge in [0.25, 0.3) is 0 Å². The van der Waals surface area contributed by atoms with Crippen LogP contribution in [0.15, 0.2) is 0 Å². The van der Waals surface area contributed by atoms with Gasteiger partial charge in [-0.1, -0.05) is 395 Å². The Kier molecular flexibility index (Phi) is 74.1. The first-order valence-corrected chi connectivity index (χ1v) is 46.5. The summed E-state index contributed by atoms with van der Waals surface area (Å²) in [6, 6.07) is 0. The van der Waals surface area contributed by atoms with E-state index in [4.69, 9.17) is 37.0 Å². The minimum atomic E-state index is -4.96. The molecule has 0 aromatic rings. The molecule has 0 saturated carbocycles. The molecule has 0 aromatic carbocycles. The summed E-state index contributed by atoms with van der Waals surface area (Å²) in [6.07, 6.45) is 66.7. The van der Waals surface area contributed by atoms with E-state index in [1.165, 1.54) is 263 Å². The maximum atomic E-state index is 13.1. The van der Waals surface area contributed by atoms with Crippen LogP contribution in [-0.2, 0) is 65.4 Å². The number of aliphatic hydroxyl groups excluding tert-OH is 1. The zero-order valence-corrected chi connectivity index (χ0v) is 69.4. The summed E-state index contributed by atoms with van der Waals surface area (Å²) in [7, 11) is -9.92. The molecule has 0 aliphatic carbocycles. The summed E-state index contributed by atoms with van der Waals surface area (Å²) in [4.78, 5) is 73.1. The second kappa shape index (κ2) is 75.5. The third kappa shape index (κ3) is 78.0. The van der Waals surface area contributed by atoms with Gasteiger partial charge in [-0.25, -0.2) is 9.13 Å². The van der Waals surface area contributed by atoms with Crippen molar-refractivity contribution in [2.24, 2.45) is 11.8 Å². The molecule has 0 radical (unpaired) electrons. The minimum Gasteiger partial charge on any atom is -0.462 e. The largest absolute Gasteiger partial charge is 0.472 e. The molecular formula is C84H164O17P2. The van der Waals surface area contributed by atoms with Gasteiger partial charge in [0, 0.05) is 25.7 Å². The zero-order chi connectivity index (χ0) is 75.6. The number of unbranched alkanes of at least 4 members (excludes halogenated alkanes) is 53. The summed E-state index contributed by atoms with van der Waals surface area (Å²) >= 11 is 0. The molecule has 0 amide bonds. The van der Waals surface area contributed by atoms with Crippen molar-refractivity contribution < 1.29 is 80.2 Å². The molecule has 19 heteroatoms. The number of esters is 4. The maximum Gasteiger partial charge on any atom is 0.472 e. The number of phosphoric acid groups is 2. The Balaban J connectivity index is 5.23. The molecule has 0 aliphatic heterocycles. The van der Waals surface area contributed by atoms with Crippen molar-refractivity contribution >= 4 is 39.5 Å². The number of carbonyl (C=O) groups is 4. The quantitative estimate of drug-likeness (QED) is 0.0222. The molecule has 0 spiro atoms. The fraction of sp³-hybridized carbons (Fsp3) is 0.952. The first-order chi connectivity index (χ1) is 49.9. The Bertz CT molecular complexity index is 1980. The number of hydrogen-bond donors (Lipinski definition) is 3. The summed E-state index contributed by atoms with van der Waals surface area (Å²) < 4.78 is 68.8. The van der Waals surface area contributed by atoms with Crippen molar-refractivity contribution in [1.82, 2.24) is 0 Å². The lowest BCUT2D eigenvalue weighted by Gasteiger charge is -2.21. The number of hydrogen-bond acceptors (Lipinski definition) is 15. The molecule has 2 unspecified atom stereocenters. The summed E-state index contributed by atoms with van der Waals surface area (Å²) in [6.45, 7) is 9.66. The second-order valence-corrected chi connectivity index (χ2v) is 34.1. The maximum absolute atomic E-state index is 13.1. The van der Waals surface area contributed by atoms with Gasteiger partial charge in [0.2, 0.25) is 0 Å². The molecule has 5 atom stereocenters. The van der Waals surface area contributed by atoms with Crippen molar-refractivity contribution in [3.05, 3.63) is 0 Å². The fourth-order valence-electron chi connectivity index (χ4n) is 13.1. The van der Waals surface area contributed by atoms with Gasteiger partial charge in [-0.05, 0) is 37.5 Å². The zero-order valence-electron chi connectivity index (χ0n) is 67.6. The summed E-state index contributed by atoms with van der Waals surface area (Å²) in [5.74, 6) is -0.557. The number of phosphoric ester groups is 2. The SMILES string of the molecule is CCCCCCCCCCCCCCCCCCCCC(=O)OC[C@H](COP(=O)(O)OC[C@@H](O)COP(=O)(O)OC[C@@H](COC(=O)CCCCCCCCCCC(C)C)OC(=O)CCCCCCCCCCCCCCC)OC(=O)CCCCCCCCCCCCCCCCCCCCC(C)C. The van der Waals surface area contributed by atoms with Crippen LogP contribution in [0.1, 0.15) is 446 Å². The van der Waals surface area contributed by atoms with Crippen LogP contribution in [0.2, 0.25) is 0 Å². The highest BCUT2D eigenvalue weighted by Gasteiger charge is 2.30. The van der Waals surface area contributed by atoms with Crippen LogP contribution < -0.4 is 0 Å². The Labute approximate surface area is 632 Å². The van der Waals surface area contributed by atoms with E-state index >= 15 is 0 Å². The van der Waals surface area contributed by atoms with Crippen LogP contribution in [0.4, 0.5) is 0 Å². The molecule has 0 saturated heterocycles. The lowest BCUT2D eigenvalue weighted by molar-refractivity contribution is -0.161. The van der Waals surface area contributed by atoms with Gasteiger partial charge in [-0.2, -0.15) is 0 Å². The highest BCUT2D eigenvalue weighted by Crippen LogP contribution is 2.45. The van der Waals surface area contributed by atoms with Crippen molar-refractivity contribution in [2.75, 3.05) is 39.6 Å². The van der Waals surface area contributed by atoms with E-state index in [0.717, 1.165) is 102 Å². The third-order valence-electron chi connectivity index (χ3n) is 19.7. The number of aliphatic hydroxyl groups is 1. The first-order valence-electron chi connectivity index (χ1n) is 43.5. The van der Waals surface area contributed by atoms with Crippen molar-refractivity contribution in [3.63, 3.8) is 0 Å². The van der Waals surface area contributed by atoms with Crippen LogP contribution >= 0.6 is 15.6 Å². The molecule has 0 aromatic heterocycles. The number of rotatable bonds is 83. The molecular weight excluding hydrogens is 1340 g/mol. The fourth-order valence-corrected chi connectivity index (χ4v) is 14.6. The lowest BCUT2D eigenvalue weighted by Crippen LogP contribution is -2.30. The van der Waals surface area contributed by atoms with E-state index < -0.39 is 97.5 Å². The van der Waals surface area contributed by atoms with E-state index in [2.05, 4.69) is 41.5 Å². The molecule has 0 bridgehead atoms. The Morgan fingerprint density at radius 2 is 0.447 bits per heavy atom. The molecule has 0 fully saturated rings. The molecule has 0 heterocycles. The Morgan fingerprint density at radius 1 is 0.262 bits per heavy atom.